The number of oxime groups is 1. The molecule has 0 aromatic carbocycles. The average Bonchev–Trinajstić information content (AvgIpc) is 2.64. The summed E-state index contributed by atoms with van der Waals surface area (Å²) in [5.74, 6) is 0.314. The fourth-order valence-corrected chi connectivity index (χ4v) is 2.75. The summed E-state index contributed by atoms with van der Waals surface area (Å²) in [7, 11) is 0. The van der Waals surface area contributed by atoms with Gasteiger partial charge in [-0.2, -0.15) is 0 Å². The van der Waals surface area contributed by atoms with E-state index in [1.807, 2.05) is 13.8 Å². The highest BCUT2D eigenvalue weighted by atomic mass is 16.4. The Balaban J connectivity index is 2.29. The monoisotopic (exact) mass is 255 g/mol. The van der Waals surface area contributed by atoms with Gasteiger partial charge < -0.3 is 16.3 Å². The van der Waals surface area contributed by atoms with Crippen molar-refractivity contribution in [2.24, 2.45) is 27.1 Å². The van der Waals surface area contributed by atoms with E-state index in [1.54, 1.807) is 0 Å². The van der Waals surface area contributed by atoms with Gasteiger partial charge in [-0.1, -0.05) is 46.7 Å². The maximum Gasteiger partial charge on any atom is 0.144 e. The van der Waals surface area contributed by atoms with Crippen molar-refractivity contribution in [3.8, 4) is 0 Å². The van der Waals surface area contributed by atoms with Gasteiger partial charge in [0.2, 0.25) is 0 Å². The third-order valence-electron chi connectivity index (χ3n) is 5.15. The first kappa shape index (κ1) is 15.3. The van der Waals surface area contributed by atoms with Crippen LogP contribution in [0.3, 0.4) is 0 Å². The van der Waals surface area contributed by atoms with E-state index in [1.165, 1.54) is 0 Å². The van der Waals surface area contributed by atoms with E-state index < -0.39 is 0 Å². The standard InChI is InChI=1S/C14H29N3O/c1-12(2,11(15)17-18)8-7-9-16-10-13(3,4)14(10,5)6/h10,16,18H,7-9H2,1-6H3,(H2,15,17). The minimum atomic E-state index is -0.231. The molecule has 0 heterocycles. The largest absolute Gasteiger partial charge is 0.409 e. The second-order valence-electron chi connectivity index (χ2n) is 7.30. The van der Waals surface area contributed by atoms with Crippen molar-refractivity contribution in [1.82, 2.24) is 5.32 Å². The Morgan fingerprint density at radius 3 is 2.17 bits per heavy atom. The van der Waals surface area contributed by atoms with Crippen molar-refractivity contribution in [3.05, 3.63) is 0 Å². The summed E-state index contributed by atoms with van der Waals surface area (Å²) in [5, 5.41) is 15.4. The lowest BCUT2D eigenvalue weighted by Gasteiger charge is -2.22. The van der Waals surface area contributed by atoms with Crippen molar-refractivity contribution in [1.29, 1.82) is 0 Å². The molecule has 0 radical (unpaired) electrons. The van der Waals surface area contributed by atoms with E-state index in [2.05, 4.69) is 38.2 Å². The van der Waals surface area contributed by atoms with Crippen LogP contribution in [0.2, 0.25) is 0 Å². The molecule has 4 N–H and O–H groups in total. The van der Waals surface area contributed by atoms with Gasteiger partial charge in [-0.3, -0.25) is 0 Å². The molecule has 18 heavy (non-hydrogen) atoms. The molecule has 0 aliphatic heterocycles. The molecule has 0 amide bonds. The topological polar surface area (TPSA) is 70.6 Å². The molecule has 1 saturated carbocycles. The van der Waals surface area contributed by atoms with Crippen LogP contribution >= 0.6 is 0 Å². The second-order valence-corrected chi connectivity index (χ2v) is 7.30. The molecule has 0 aromatic rings. The number of hydrogen-bond acceptors (Lipinski definition) is 3. The summed E-state index contributed by atoms with van der Waals surface area (Å²) in [6.45, 7) is 14.2. The summed E-state index contributed by atoms with van der Waals surface area (Å²) >= 11 is 0. The molecular weight excluding hydrogens is 226 g/mol. The molecule has 1 aliphatic rings. The fourth-order valence-electron chi connectivity index (χ4n) is 2.75. The van der Waals surface area contributed by atoms with E-state index in [0.717, 1.165) is 19.4 Å². The number of nitrogens with zero attached hydrogens (tertiary/aromatic N) is 1. The highest BCUT2D eigenvalue weighted by Gasteiger charge is 2.64. The quantitative estimate of drug-likeness (QED) is 0.225. The van der Waals surface area contributed by atoms with Crippen LogP contribution in [0.15, 0.2) is 5.16 Å². The molecule has 4 heteroatoms. The lowest BCUT2D eigenvalue weighted by Crippen LogP contribution is -2.33. The fraction of sp³-hybridized carbons (Fsp3) is 0.929. The summed E-state index contributed by atoms with van der Waals surface area (Å²) < 4.78 is 0. The molecule has 1 aliphatic carbocycles. The Morgan fingerprint density at radius 1 is 1.28 bits per heavy atom. The van der Waals surface area contributed by atoms with Gasteiger partial charge in [0.15, 0.2) is 0 Å². The first-order valence-corrected chi connectivity index (χ1v) is 6.79. The van der Waals surface area contributed by atoms with E-state index in [-0.39, 0.29) is 5.41 Å². The molecule has 106 valence electrons. The first-order chi connectivity index (χ1) is 8.07. The van der Waals surface area contributed by atoms with Crippen LogP contribution in [0.1, 0.15) is 54.4 Å². The van der Waals surface area contributed by atoms with Crippen LogP contribution in [-0.2, 0) is 0 Å². The van der Waals surface area contributed by atoms with Crippen molar-refractivity contribution in [2.45, 2.75) is 60.4 Å². The van der Waals surface area contributed by atoms with Gasteiger partial charge in [-0.25, -0.2) is 0 Å². The third kappa shape index (κ3) is 2.63. The van der Waals surface area contributed by atoms with Crippen LogP contribution in [0.5, 0.6) is 0 Å². The zero-order valence-corrected chi connectivity index (χ0v) is 12.7. The van der Waals surface area contributed by atoms with Gasteiger partial charge in [-0.05, 0) is 30.2 Å². The molecule has 4 nitrogen and oxygen atoms in total. The molecule has 0 atom stereocenters. The van der Waals surface area contributed by atoms with Crippen molar-refractivity contribution in [2.75, 3.05) is 6.54 Å². The van der Waals surface area contributed by atoms with E-state index in [9.17, 15) is 0 Å². The number of rotatable bonds is 6. The zero-order chi connectivity index (χ0) is 14.2. The van der Waals surface area contributed by atoms with E-state index >= 15 is 0 Å². The SMILES string of the molecule is CC(C)(CCCNC1C(C)(C)C1(C)C)C(N)=NO. The number of nitrogens with one attached hydrogen (secondary N) is 1. The molecular formula is C14H29N3O. The predicted molar refractivity (Wildman–Crippen MR) is 75.8 cm³/mol. The van der Waals surface area contributed by atoms with Crippen LogP contribution in [0.4, 0.5) is 0 Å². The molecule has 0 unspecified atom stereocenters. The Hall–Kier alpha value is -0.770. The molecule has 0 aromatic heterocycles. The Labute approximate surface area is 111 Å². The van der Waals surface area contributed by atoms with Gasteiger partial charge in [-0.15, -0.1) is 0 Å². The van der Waals surface area contributed by atoms with Crippen molar-refractivity contribution in [3.63, 3.8) is 0 Å². The minimum absolute atomic E-state index is 0.231. The lowest BCUT2D eigenvalue weighted by molar-refractivity contribution is 0.304. The van der Waals surface area contributed by atoms with Crippen LogP contribution < -0.4 is 11.1 Å². The summed E-state index contributed by atoms with van der Waals surface area (Å²) in [5.41, 5.74) is 6.21. The highest BCUT2D eigenvalue weighted by molar-refractivity contribution is 5.85. The molecule has 1 fully saturated rings. The molecule has 0 spiro atoms. The van der Waals surface area contributed by atoms with E-state index in [0.29, 0.717) is 22.7 Å². The van der Waals surface area contributed by atoms with Gasteiger partial charge >= 0.3 is 0 Å². The van der Waals surface area contributed by atoms with Gasteiger partial charge in [0.05, 0.1) is 0 Å². The molecule has 1 rings (SSSR count). The molecule has 0 bridgehead atoms. The Kier molecular flexibility index (Phi) is 4.01. The van der Waals surface area contributed by atoms with Crippen LogP contribution in [-0.4, -0.2) is 23.6 Å². The minimum Gasteiger partial charge on any atom is -0.409 e. The zero-order valence-electron chi connectivity index (χ0n) is 12.7. The predicted octanol–water partition coefficient (Wildman–Crippen LogP) is 2.56. The number of hydrogen-bond donors (Lipinski definition) is 3. The van der Waals surface area contributed by atoms with Crippen molar-refractivity contribution >= 4 is 5.84 Å². The smallest absolute Gasteiger partial charge is 0.144 e. The number of amidine groups is 1. The summed E-state index contributed by atoms with van der Waals surface area (Å²) in [6, 6.07) is 0.594. The van der Waals surface area contributed by atoms with Crippen LogP contribution in [0.25, 0.3) is 0 Å². The highest BCUT2D eigenvalue weighted by Crippen LogP contribution is 2.62. The second kappa shape index (κ2) is 4.72. The normalized spacial score (nSPS) is 23.1. The Bertz CT molecular complexity index is 318. The first-order valence-electron chi connectivity index (χ1n) is 6.79. The third-order valence-corrected chi connectivity index (χ3v) is 5.15. The van der Waals surface area contributed by atoms with Gasteiger partial charge in [0.1, 0.15) is 5.84 Å². The maximum atomic E-state index is 8.71. The molecule has 0 saturated heterocycles. The van der Waals surface area contributed by atoms with Crippen LogP contribution in [0, 0.1) is 16.2 Å². The van der Waals surface area contributed by atoms with Gasteiger partial charge in [0, 0.05) is 11.5 Å². The van der Waals surface area contributed by atoms with E-state index in [4.69, 9.17) is 10.9 Å². The maximum absolute atomic E-state index is 8.71. The lowest BCUT2D eigenvalue weighted by atomic mass is 9.86. The Morgan fingerprint density at radius 2 is 1.78 bits per heavy atom. The number of nitrogens with two attached hydrogens (primary N) is 1. The summed E-state index contributed by atoms with van der Waals surface area (Å²) in [4.78, 5) is 0. The average molecular weight is 255 g/mol. The summed E-state index contributed by atoms with van der Waals surface area (Å²) in [6.07, 6.45) is 1.95. The van der Waals surface area contributed by atoms with Crippen molar-refractivity contribution < 1.29 is 5.21 Å². The van der Waals surface area contributed by atoms with Gasteiger partial charge in [0.25, 0.3) is 0 Å².